The summed E-state index contributed by atoms with van der Waals surface area (Å²) in [5, 5.41) is 7.41. The second-order valence-electron chi connectivity index (χ2n) is 11.4. The highest BCUT2D eigenvalue weighted by Gasteiger charge is 2.16. The average molecular weight is 550 g/mol. The van der Waals surface area contributed by atoms with Crippen molar-refractivity contribution in [1.29, 1.82) is 0 Å². The molecule has 0 bridgehead atoms. The van der Waals surface area contributed by atoms with Gasteiger partial charge in [-0.05, 0) is 63.9 Å². The summed E-state index contributed by atoms with van der Waals surface area (Å²) in [4.78, 5) is 0. The Kier molecular flexibility index (Phi) is 5.30. The normalized spacial score (nSPS) is 11.8. The van der Waals surface area contributed by atoms with Gasteiger partial charge in [0.25, 0.3) is 0 Å². The van der Waals surface area contributed by atoms with Crippen LogP contribution in [-0.4, -0.2) is 4.57 Å². The van der Waals surface area contributed by atoms with Gasteiger partial charge in [-0.25, -0.2) is 0 Å². The van der Waals surface area contributed by atoms with Crippen LogP contribution in [0.15, 0.2) is 156 Å². The Morgan fingerprint density at radius 3 is 1.91 bits per heavy atom. The van der Waals surface area contributed by atoms with Gasteiger partial charge in [0, 0.05) is 39.2 Å². The summed E-state index contributed by atoms with van der Waals surface area (Å²) >= 11 is 0. The molecule has 0 amide bonds. The van der Waals surface area contributed by atoms with Crippen molar-refractivity contribution in [2.24, 2.45) is 0 Å². The molecule has 2 aromatic heterocycles. The van der Waals surface area contributed by atoms with Crippen LogP contribution in [0.3, 0.4) is 0 Å². The summed E-state index contributed by atoms with van der Waals surface area (Å²) in [6.45, 7) is 0. The molecular formula is C41H27NO. The lowest BCUT2D eigenvalue weighted by Gasteiger charge is -2.12. The minimum atomic E-state index is 0.793. The van der Waals surface area contributed by atoms with Crippen molar-refractivity contribution in [3.05, 3.63) is 163 Å². The predicted molar refractivity (Wildman–Crippen MR) is 180 cm³/mol. The Balaban J connectivity index is 1.15. The number of hydrogen-bond acceptors (Lipinski definition) is 1. The fourth-order valence-corrected chi connectivity index (χ4v) is 6.88. The molecule has 0 atom stereocenters. The molecule has 0 saturated carbocycles. The lowest BCUT2D eigenvalue weighted by molar-refractivity contribution is 0.664. The van der Waals surface area contributed by atoms with Crippen LogP contribution in [0.5, 0.6) is 0 Å². The topological polar surface area (TPSA) is 18.1 Å². The molecule has 0 aliphatic rings. The van der Waals surface area contributed by atoms with Gasteiger partial charge < -0.3 is 8.98 Å². The number of hydrogen-bond donors (Lipinski definition) is 0. The number of nitrogens with zero attached hydrogens (tertiary/aromatic N) is 1. The van der Waals surface area contributed by atoms with Gasteiger partial charge in [-0.2, -0.15) is 0 Å². The third-order valence-electron chi connectivity index (χ3n) is 8.79. The van der Waals surface area contributed by atoms with E-state index in [4.69, 9.17) is 4.42 Å². The summed E-state index contributed by atoms with van der Waals surface area (Å²) in [5.41, 5.74) is 10.4. The highest BCUT2D eigenvalue weighted by molar-refractivity contribution is 6.19. The van der Waals surface area contributed by atoms with Gasteiger partial charge in [-0.15, -0.1) is 0 Å². The molecule has 0 aliphatic heterocycles. The van der Waals surface area contributed by atoms with Gasteiger partial charge in [-0.1, -0.05) is 115 Å². The molecule has 2 heterocycles. The third-order valence-corrected chi connectivity index (χ3v) is 8.79. The van der Waals surface area contributed by atoms with Gasteiger partial charge in [0.1, 0.15) is 11.2 Å². The van der Waals surface area contributed by atoms with Crippen molar-refractivity contribution in [1.82, 2.24) is 4.57 Å². The van der Waals surface area contributed by atoms with E-state index in [0.29, 0.717) is 0 Å². The van der Waals surface area contributed by atoms with Gasteiger partial charge in [0.15, 0.2) is 0 Å². The first-order valence-electron chi connectivity index (χ1n) is 14.8. The van der Waals surface area contributed by atoms with E-state index in [2.05, 4.69) is 150 Å². The van der Waals surface area contributed by atoms with Crippen LogP contribution < -0.4 is 0 Å². The fourth-order valence-electron chi connectivity index (χ4n) is 6.88. The lowest BCUT2D eigenvalue weighted by Crippen LogP contribution is -1.94. The van der Waals surface area contributed by atoms with E-state index < -0.39 is 0 Å². The molecule has 0 unspecified atom stereocenters. The van der Waals surface area contributed by atoms with Crippen LogP contribution in [0.1, 0.15) is 11.1 Å². The Morgan fingerprint density at radius 2 is 1.12 bits per heavy atom. The molecule has 2 heteroatoms. The standard InChI is InChI=1S/C41H27NO/c1-2-16-33-30(12-1)25-31(41-40(33)36-19-5-8-22-39(36)43-41)24-27-11-9-13-28(23-27)29-14-10-15-32(26-29)42-37-20-6-3-17-34(37)35-18-4-7-21-38(35)42/h1-23,25-26H,24H2. The van der Waals surface area contributed by atoms with Crippen molar-refractivity contribution in [3.8, 4) is 16.8 Å². The largest absolute Gasteiger partial charge is 0.456 e. The van der Waals surface area contributed by atoms with Crippen LogP contribution >= 0.6 is 0 Å². The van der Waals surface area contributed by atoms with Crippen molar-refractivity contribution >= 4 is 54.5 Å². The maximum Gasteiger partial charge on any atom is 0.139 e. The molecule has 0 radical (unpaired) electrons. The first kappa shape index (κ1) is 24.0. The highest BCUT2D eigenvalue weighted by atomic mass is 16.3. The first-order valence-corrected chi connectivity index (χ1v) is 14.8. The predicted octanol–water partition coefficient (Wildman–Crippen LogP) is 11.1. The van der Waals surface area contributed by atoms with E-state index in [1.165, 1.54) is 71.3 Å². The molecule has 9 rings (SSSR count). The van der Waals surface area contributed by atoms with Crippen molar-refractivity contribution in [2.45, 2.75) is 6.42 Å². The van der Waals surface area contributed by atoms with E-state index >= 15 is 0 Å². The van der Waals surface area contributed by atoms with Crippen molar-refractivity contribution in [2.75, 3.05) is 0 Å². The number of furan rings is 1. The second kappa shape index (κ2) is 9.47. The molecular weight excluding hydrogens is 522 g/mol. The molecule has 9 aromatic rings. The zero-order valence-corrected chi connectivity index (χ0v) is 23.5. The van der Waals surface area contributed by atoms with Crippen molar-refractivity contribution < 1.29 is 4.42 Å². The maximum absolute atomic E-state index is 6.50. The van der Waals surface area contributed by atoms with Crippen LogP contribution in [0.25, 0.3) is 71.3 Å². The molecule has 7 aromatic carbocycles. The Hall–Kier alpha value is -5.60. The Labute approximate surface area is 249 Å². The minimum Gasteiger partial charge on any atom is -0.456 e. The zero-order valence-electron chi connectivity index (χ0n) is 23.5. The van der Waals surface area contributed by atoms with Crippen LogP contribution in [0.2, 0.25) is 0 Å². The van der Waals surface area contributed by atoms with E-state index in [0.717, 1.165) is 17.6 Å². The first-order chi connectivity index (χ1) is 21.3. The molecule has 0 aliphatic carbocycles. The molecule has 0 spiro atoms. The van der Waals surface area contributed by atoms with E-state index in [1.54, 1.807) is 0 Å². The summed E-state index contributed by atoms with van der Waals surface area (Å²) < 4.78 is 8.88. The summed E-state index contributed by atoms with van der Waals surface area (Å²) in [6.07, 6.45) is 0.793. The van der Waals surface area contributed by atoms with E-state index in [9.17, 15) is 0 Å². The van der Waals surface area contributed by atoms with Gasteiger partial charge >= 0.3 is 0 Å². The average Bonchev–Trinajstić information content (AvgIpc) is 3.62. The third kappa shape index (κ3) is 3.80. The minimum absolute atomic E-state index is 0.793. The van der Waals surface area contributed by atoms with Gasteiger partial charge in [-0.3, -0.25) is 0 Å². The number of para-hydroxylation sites is 3. The molecule has 202 valence electrons. The summed E-state index contributed by atoms with van der Waals surface area (Å²) in [7, 11) is 0. The highest BCUT2D eigenvalue weighted by Crippen LogP contribution is 2.38. The van der Waals surface area contributed by atoms with E-state index in [1.807, 2.05) is 6.07 Å². The van der Waals surface area contributed by atoms with Gasteiger partial charge in [0.2, 0.25) is 0 Å². The molecule has 0 N–H and O–H groups in total. The van der Waals surface area contributed by atoms with Crippen LogP contribution in [-0.2, 0) is 6.42 Å². The molecule has 2 nitrogen and oxygen atoms in total. The molecule has 0 fully saturated rings. The monoisotopic (exact) mass is 549 g/mol. The fraction of sp³-hybridized carbons (Fsp3) is 0.0244. The quantitative estimate of drug-likeness (QED) is 0.213. The summed E-state index contributed by atoms with van der Waals surface area (Å²) in [6, 6.07) is 54.5. The smallest absolute Gasteiger partial charge is 0.139 e. The number of fused-ring (bicyclic) bond motifs is 8. The molecule has 43 heavy (non-hydrogen) atoms. The van der Waals surface area contributed by atoms with Crippen molar-refractivity contribution in [3.63, 3.8) is 0 Å². The summed E-state index contributed by atoms with van der Waals surface area (Å²) in [5.74, 6) is 0. The Morgan fingerprint density at radius 1 is 0.488 bits per heavy atom. The Bertz CT molecular complexity index is 2440. The van der Waals surface area contributed by atoms with Crippen LogP contribution in [0.4, 0.5) is 0 Å². The number of rotatable bonds is 4. The zero-order chi connectivity index (χ0) is 28.3. The maximum atomic E-state index is 6.50. The number of aromatic nitrogens is 1. The SMILES string of the molecule is c1cc(Cc2cc3ccccc3c3c2oc2ccccc23)cc(-c2cccc(-n3c4ccccc4c4ccccc43)c2)c1. The lowest BCUT2D eigenvalue weighted by atomic mass is 9.95. The second-order valence-corrected chi connectivity index (χ2v) is 11.4. The number of benzene rings is 7. The van der Waals surface area contributed by atoms with Crippen LogP contribution in [0, 0.1) is 0 Å². The van der Waals surface area contributed by atoms with Gasteiger partial charge in [0.05, 0.1) is 11.0 Å². The van der Waals surface area contributed by atoms with E-state index in [-0.39, 0.29) is 0 Å². The molecule has 0 saturated heterocycles.